The number of nitrogens with one attached hydrogen (secondary N) is 2. The molecule has 0 unspecified atom stereocenters. The minimum absolute atomic E-state index is 0.130. The van der Waals surface area contributed by atoms with E-state index in [0.717, 1.165) is 51.4 Å². The molecule has 170 valence electrons. The number of rotatable bonds is 14. The Hall–Kier alpha value is -2.12. The van der Waals surface area contributed by atoms with Crippen molar-refractivity contribution in [1.29, 1.82) is 0 Å². The normalized spacial score (nSPS) is 10.9. The van der Waals surface area contributed by atoms with E-state index in [1.807, 2.05) is 13.8 Å². The molecule has 0 radical (unpaired) electrons. The van der Waals surface area contributed by atoms with Crippen LogP contribution in [0.4, 0.5) is 17.6 Å². The summed E-state index contributed by atoms with van der Waals surface area (Å²) in [5, 5.41) is 4.53. The molecule has 2 amide bonds. The number of amides is 2. The fourth-order valence-electron chi connectivity index (χ4n) is 3.07. The molecule has 0 atom stereocenters. The highest BCUT2D eigenvalue weighted by Gasteiger charge is 2.32. The first kappa shape index (κ1) is 25.9. The number of carbonyl (C=O) groups is 2. The third-order valence-electron chi connectivity index (χ3n) is 4.85. The minimum atomic E-state index is -1.87. The Labute approximate surface area is 175 Å². The second-order valence-corrected chi connectivity index (χ2v) is 7.35. The van der Waals surface area contributed by atoms with Crippen LogP contribution in [-0.2, 0) is 0 Å². The summed E-state index contributed by atoms with van der Waals surface area (Å²) in [5.41, 5.74) is -2.70. The average molecular weight is 433 g/mol. The van der Waals surface area contributed by atoms with Crippen LogP contribution in [0.1, 0.15) is 98.8 Å². The Morgan fingerprint density at radius 3 is 1.17 bits per heavy atom. The predicted octanol–water partition coefficient (Wildman–Crippen LogP) is 5.64. The van der Waals surface area contributed by atoms with Crippen molar-refractivity contribution in [2.45, 2.75) is 78.1 Å². The van der Waals surface area contributed by atoms with Crippen LogP contribution < -0.4 is 10.6 Å². The van der Waals surface area contributed by atoms with Crippen molar-refractivity contribution in [2.24, 2.45) is 0 Å². The molecule has 8 heteroatoms. The number of hydrogen-bond donors (Lipinski definition) is 2. The number of benzene rings is 1. The monoisotopic (exact) mass is 432 g/mol. The van der Waals surface area contributed by atoms with E-state index >= 15 is 0 Å². The zero-order chi connectivity index (χ0) is 22.5. The molecule has 0 bridgehead atoms. The van der Waals surface area contributed by atoms with Crippen molar-refractivity contribution in [3.63, 3.8) is 0 Å². The molecule has 0 aromatic heterocycles. The summed E-state index contributed by atoms with van der Waals surface area (Å²) >= 11 is 0. The standard InChI is InChI=1S/C22H32F4N2O2/c1-3-5-7-9-11-13-27-21(29)15-17(23)19(25)16(20(26)18(15)24)22(30)28-14-12-10-8-6-4-2/h3-14H2,1-2H3,(H,27,29)(H,28,30). The van der Waals surface area contributed by atoms with Crippen LogP contribution in [0.2, 0.25) is 0 Å². The highest BCUT2D eigenvalue weighted by atomic mass is 19.2. The molecule has 0 fully saturated rings. The van der Waals surface area contributed by atoms with Gasteiger partial charge in [-0.1, -0.05) is 65.2 Å². The van der Waals surface area contributed by atoms with E-state index < -0.39 is 46.2 Å². The number of carbonyl (C=O) groups excluding carboxylic acids is 2. The number of halogens is 4. The van der Waals surface area contributed by atoms with Crippen molar-refractivity contribution >= 4 is 11.8 Å². The summed E-state index contributed by atoms with van der Waals surface area (Å²) in [6.45, 7) is 4.36. The molecule has 0 heterocycles. The molecule has 0 aliphatic carbocycles. The highest BCUT2D eigenvalue weighted by molar-refractivity contribution is 5.98. The van der Waals surface area contributed by atoms with Crippen molar-refractivity contribution in [1.82, 2.24) is 10.6 Å². The van der Waals surface area contributed by atoms with E-state index in [2.05, 4.69) is 10.6 Å². The van der Waals surface area contributed by atoms with Crippen LogP contribution in [0.25, 0.3) is 0 Å². The first-order valence-electron chi connectivity index (χ1n) is 10.8. The molecule has 2 N–H and O–H groups in total. The van der Waals surface area contributed by atoms with Gasteiger partial charge in [0.05, 0.1) is 0 Å². The Balaban J connectivity index is 2.78. The van der Waals surface area contributed by atoms with Crippen LogP contribution in [0.15, 0.2) is 0 Å². The third kappa shape index (κ3) is 7.61. The van der Waals surface area contributed by atoms with E-state index in [9.17, 15) is 27.2 Å². The molecule has 1 aromatic carbocycles. The van der Waals surface area contributed by atoms with Gasteiger partial charge < -0.3 is 10.6 Å². The Kier molecular flexibility index (Phi) is 12.1. The Morgan fingerprint density at radius 1 is 0.567 bits per heavy atom. The molecule has 4 nitrogen and oxygen atoms in total. The highest BCUT2D eigenvalue weighted by Crippen LogP contribution is 2.24. The average Bonchev–Trinajstić information content (AvgIpc) is 2.72. The maximum atomic E-state index is 14.3. The van der Waals surface area contributed by atoms with Gasteiger partial charge in [0, 0.05) is 13.1 Å². The number of hydrogen-bond acceptors (Lipinski definition) is 2. The van der Waals surface area contributed by atoms with Gasteiger partial charge in [-0.05, 0) is 12.8 Å². The van der Waals surface area contributed by atoms with Gasteiger partial charge in [-0.2, -0.15) is 0 Å². The van der Waals surface area contributed by atoms with E-state index in [1.54, 1.807) is 0 Å². The van der Waals surface area contributed by atoms with E-state index in [4.69, 9.17) is 0 Å². The van der Waals surface area contributed by atoms with E-state index in [0.29, 0.717) is 12.8 Å². The molecule has 0 saturated carbocycles. The summed E-state index contributed by atoms with van der Waals surface area (Å²) in [6, 6.07) is 0. The van der Waals surface area contributed by atoms with Crippen molar-refractivity contribution in [3.8, 4) is 0 Å². The zero-order valence-electron chi connectivity index (χ0n) is 17.8. The van der Waals surface area contributed by atoms with Gasteiger partial charge in [0.2, 0.25) is 0 Å². The van der Waals surface area contributed by atoms with Crippen LogP contribution >= 0.6 is 0 Å². The molecular weight excluding hydrogens is 400 g/mol. The van der Waals surface area contributed by atoms with Crippen LogP contribution in [0, 0.1) is 23.3 Å². The van der Waals surface area contributed by atoms with Crippen molar-refractivity contribution < 1.29 is 27.2 Å². The molecule has 1 rings (SSSR count). The van der Waals surface area contributed by atoms with Gasteiger partial charge in [0.25, 0.3) is 11.8 Å². The molecule has 1 aromatic rings. The maximum absolute atomic E-state index is 14.3. The smallest absolute Gasteiger partial charge is 0.257 e. The second-order valence-electron chi connectivity index (χ2n) is 7.35. The molecule has 0 aliphatic rings. The lowest BCUT2D eigenvalue weighted by Crippen LogP contribution is -2.31. The van der Waals surface area contributed by atoms with Crippen LogP contribution in [-0.4, -0.2) is 24.9 Å². The Bertz CT molecular complexity index is 623. The van der Waals surface area contributed by atoms with Gasteiger partial charge in [-0.25, -0.2) is 17.6 Å². The fourth-order valence-corrected chi connectivity index (χ4v) is 3.07. The first-order chi connectivity index (χ1) is 14.4. The van der Waals surface area contributed by atoms with E-state index in [1.165, 1.54) is 0 Å². The quantitative estimate of drug-likeness (QED) is 0.227. The summed E-state index contributed by atoms with van der Waals surface area (Å²) in [4.78, 5) is 24.1. The Morgan fingerprint density at radius 2 is 0.867 bits per heavy atom. The summed E-state index contributed by atoms with van der Waals surface area (Å²) < 4.78 is 57.2. The topological polar surface area (TPSA) is 58.2 Å². The van der Waals surface area contributed by atoms with Gasteiger partial charge in [-0.15, -0.1) is 0 Å². The molecule has 0 aliphatic heterocycles. The predicted molar refractivity (Wildman–Crippen MR) is 108 cm³/mol. The lowest BCUT2D eigenvalue weighted by Gasteiger charge is -2.12. The second kappa shape index (κ2) is 14.0. The minimum Gasteiger partial charge on any atom is -0.352 e. The van der Waals surface area contributed by atoms with Crippen molar-refractivity contribution in [2.75, 3.05) is 13.1 Å². The summed E-state index contributed by atoms with van der Waals surface area (Å²) in [6.07, 6.45) is 8.88. The van der Waals surface area contributed by atoms with Gasteiger partial charge in [0.1, 0.15) is 11.1 Å². The van der Waals surface area contributed by atoms with Gasteiger partial charge in [0.15, 0.2) is 23.3 Å². The largest absolute Gasteiger partial charge is 0.352 e. The van der Waals surface area contributed by atoms with Crippen molar-refractivity contribution in [3.05, 3.63) is 34.4 Å². The number of unbranched alkanes of at least 4 members (excludes halogenated alkanes) is 8. The van der Waals surface area contributed by atoms with Gasteiger partial charge in [-0.3, -0.25) is 9.59 Å². The molecule has 0 saturated heterocycles. The molecular formula is C22H32F4N2O2. The van der Waals surface area contributed by atoms with E-state index in [-0.39, 0.29) is 13.1 Å². The third-order valence-corrected chi connectivity index (χ3v) is 4.85. The lowest BCUT2D eigenvalue weighted by molar-refractivity contribution is 0.0922. The summed E-state index contributed by atoms with van der Waals surface area (Å²) in [5.74, 6) is -9.98. The molecule has 30 heavy (non-hydrogen) atoms. The maximum Gasteiger partial charge on any atom is 0.257 e. The lowest BCUT2D eigenvalue weighted by atomic mass is 10.1. The zero-order valence-corrected chi connectivity index (χ0v) is 17.8. The van der Waals surface area contributed by atoms with Gasteiger partial charge >= 0.3 is 0 Å². The fraction of sp³-hybridized carbons (Fsp3) is 0.636. The SMILES string of the molecule is CCCCCCCNC(=O)c1c(F)c(F)c(C(=O)NCCCCCCC)c(F)c1F. The summed E-state index contributed by atoms with van der Waals surface area (Å²) in [7, 11) is 0. The molecule has 0 spiro atoms. The first-order valence-corrected chi connectivity index (χ1v) is 10.8. The van der Waals surface area contributed by atoms with Crippen LogP contribution in [0.3, 0.4) is 0 Å². The van der Waals surface area contributed by atoms with Crippen LogP contribution in [0.5, 0.6) is 0 Å².